The molecule has 0 unspecified atom stereocenters. The monoisotopic (exact) mass is 492 g/mol. The van der Waals surface area contributed by atoms with E-state index in [1.165, 1.54) is 22.5 Å². The van der Waals surface area contributed by atoms with Crippen LogP contribution in [0.3, 0.4) is 0 Å². The van der Waals surface area contributed by atoms with Gasteiger partial charge in [-0.05, 0) is 6.07 Å². The van der Waals surface area contributed by atoms with Gasteiger partial charge < -0.3 is 19.7 Å². The van der Waals surface area contributed by atoms with Crippen molar-refractivity contribution in [2.45, 2.75) is 17.0 Å². The Hall–Kier alpha value is -2.10. The summed E-state index contributed by atoms with van der Waals surface area (Å²) in [5.74, 6) is -2.19. The van der Waals surface area contributed by atoms with Gasteiger partial charge in [-0.25, -0.2) is 13.8 Å². The quantitative estimate of drug-likeness (QED) is 0.325. The number of aliphatic hydroxyl groups is 2. The molecule has 1 aromatic carbocycles. The maximum Gasteiger partial charge on any atom is 0.302 e. The summed E-state index contributed by atoms with van der Waals surface area (Å²) >= 11 is 0.937. The molecular weight excluding hydrogens is 470 g/mol. The molecule has 0 radical (unpaired) electrons. The molecule has 1 aliphatic rings. The third-order valence-electron chi connectivity index (χ3n) is 4.25. The molecule has 2 aromatic rings. The Labute approximate surface area is 187 Å². The molecular formula is C18H22F2N4O6S2. The highest BCUT2D eigenvalue weighted by Gasteiger charge is 2.25. The van der Waals surface area contributed by atoms with Crippen molar-refractivity contribution in [2.24, 2.45) is 0 Å². The highest BCUT2D eigenvalue weighted by Crippen LogP contribution is 2.26. The van der Waals surface area contributed by atoms with Crippen molar-refractivity contribution in [2.75, 3.05) is 44.2 Å². The summed E-state index contributed by atoms with van der Waals surface area (Å²) in [5.41, 5.74) is 0.0797. The van der Waals surface area contributed by atoms with Gasteiger partial charge in [0, 0.05) is 30.5 Å². The van der Waals surface area contributed by atoms with Crippen molar-refractivity contribution in [3.63, 3.8) is 0 Å². The van der Waals surface area contributed by atoms with Crippen LogP contribution in [-0.2, 0) is 20.7 Å². The minimum Gasteiger partial charge on any atom is -0.475 e. The molecule has 0 spiro atoms. The van der Waals surface area contributed by atoms with E-state index in [1.807, 2.05) is 0 Å². The summed E-state index contributed by atoms with van der Waals surface area (Å²) in [6.07, 6.45) is -1.17. The Morgan fingerprint density at radius 1 is 1.28 bits per heavy atom. The van der Waals surface area contributed by atoms with Gasteiger partial charge in [0.25, 0.3) is 0 Å². The van der Waals surface area contributed by atoms with Gasteiger partial charge in [-0.1, -0.05) is 23.9 Å². The van der Waals surface area contributed by atoms with E-state index in [-0.39, 0.29) is 61.1 Å². The zero-order valence-electron chi connectivity index (χ0n) is 16.8. The highest BCUT2D eigenvalue weighted by molar-refractivity contribution is 7.98. The van der Waals surface area contributed by atoms with E-state index < -0.39 is 34.6 Å². The molecule has 14 heteroatoms. The number of aliphatic hydroxyl groups excluding tert-OH is 2. The smallest absolute Gasteiger partial charge is 0.302 e. The van der Waals surface area contributed by atoms with Crippen molar-refractivity contribution < 1.29 is 36.9 Å². The summed E-state index contributed by atoms with van der Waals surface area (Å²) < 4.78 is 66.7. The van der Waals surface area contributed by atoms with Crippen LogP contribution in [0.5, 0.6) is 5.88 Å². The van der Waals surface area contributed by atoms with Crippen molar-refractivity contribution in [3.8, 4) is 5.88 Å². The van der Waals surface area contributed by atoms with Gasteiger partial charge >= 0.3 is 10.2 Å². The normalized spacial score (nSPS) is 16.0. The summed E-state index contributed by atoms with van der Waals surface area (Å²) in [4.78, 5) is 8.23. The van der Waals surface area contributed by atoms with E-state index in [4.69, 9.17) is 14.6 Å². The van der Waals surface area contributed by atoms with Crippen LogP contribution >= 0.6 is 11.8 Å². The van der Waals surface area contributed by atoms with Crippen molar-refractivity contribution in [1.29, 1.82) is 0 Å². The molecule has 3 rings (SSSR count). The number of morpholine rings is 1. The first-order chi connectivity index (χ1) is 15.3. The van der Waals surface area contributed by atoms with Crippen molar-refractivity contribution in [3.05, 3.63) is 41.5 Å². The Balaban J connectivity index is 1.80. The number of anilines is 1. The van der Waals surface area contributed by atoms with E-state index in [0.29, 0.717) is 0 Å². The molecule has 0 bridgehead atoms. The van der Waals surface area contributed by atoms with E-state index in [9.17, 15) is 22.3 Å². The third-order valence-corrected chi connectivity index (χ3v) is 6.66. The number of ether oxygens (including phenoxy) is 2. The Morgan fingerprint density at radius 3 is 2.75 bits per heavy atom. The predicted molar refractivity (Wildman–Crippen MR) is 111 cm³/mol. The molecule has 1 aliphatic heterocycles. The fraction of sp³-hybridized carbons (Fsp3) is 0.444. The first-order valence-electron chi connectivity index (χ1n) is 9.50. The molecule has 1 aromatic heterocycles. The zero-order valence-corrected chi connectivity index (χ0v) is 18.4. The minimum atomic E-state index is -3.94. The van der Waals surface area contributed by atoms with Crippen LogP contribution in [0.15, 0.2) is 29.4 Å². The maximum atomic E-state index is 13.9. The molecule has 32 heavy (non-hydrogen) atoms. The lowest BCUT2D eigenvalue weighted by atomic mass is 10.2. The fourth-order valence-electron chi connectivity index (χ4n) is 2.61. The Kier molecular flexibility index (Phi) is 8.56. The molecule has 10 nitrogen and oxygen atoms in total. The minimum absolute atomic E-state index is 0.0258. The number of rotatable bonds is 10. The van der Waals surface area contributed by atoms with Crippen LogP contribution in [0.2, 0.25) is 0 Å². The van der Waals surface area contributed by atoms with E-state index in [2.05, 4.69) is 14.7 Å². The van der Waals surface area contributed by atoms with Crippen LogP contribution < -0.4 is 9.46 Å². The molecule has 0 aliphatic carbocycles. The number of hydrogen-bond donors (Lipinski definition) is 3. The topological polar surface area (TPSA) is 134 Å². The number of thioether (sulfide) groups is 1. The number of nitrogens with zero attached hydrogens (tertiary/aromatic N) is 3. The van der Waals surface area contributed by atoms with Gasteiger partial charge in [-0.3, -0.25) is 4.72 Å². The van der Waals surface area contributed by atoms with Crippen molar-refractivity contribution >= 4 is 27.8 Å². The number of aromatic nitrogens is 2. The molecule has 2 heterocycles. The molecule has 0 saturated carbocycles. The van der Waals surface area contributed by atoms with Gasteiger partial charge in [0.1, 0.15) is 18.5 Å². The second kappa shape index (κ2) is 11.2. The summed E-state index contributed by atoms with van der Waals surface area (Å²) in [5, 5.41) is 18.5. The SMILES string of the molecule is O=S(=O)(Nc1cc(OC[C@@H](O)CO)nc(SCc2cccc(F)c2F)n1)N1CCOCC1. The molecule has 1 saturated heterocycles. The lowest BCUT2D eigenvalue weighted by molar-refractivity contribution is 0.0518. The summed E-state index contributed by atoms with van der Waals surface area (Å²) in [6, 6.07) is 4.99. The van der Waals surface area contributed by atoms with E-state index in [1.54, 1.807) is 0 Å². The first-order valence-corrected chi connectivity index (χ1v) is 11.9. The maximum absolute atomic E-state index is 13.9. The predicted octanol–water partition coefficient (Wildman–Crippen LogP) is 0.768. The van der Waals surface area contributed by atoms with Crippen LogP contribution in [0.1, 0.15) is 5.56 Å². The molecule has 1 fully saturated rings. The second-order valence-corrected chi connectivity index (χ2v) is 9.25. The van der Waals surface area contributed by atoms with Gasteiger partial charge in [-0.15, -0.1) is 0 Å². The van der Waals surface area contributed by atoms with Gasteiger partial charge in [0.15, 0.2) is 16.8 Å². The fourth-order valence-corrected chi connectivity index (χ4v) is 4.57. The summed E-state index contributed by atoms with van der Waals surface area (Å²) in [7, 11) is -3.94. The lowest BCUT2D eigenvalue weighted by Gasteiger charge is -2.26. The molecule has 1 atom stereocenters. The molecule has 176 valence electrons. The average molecular weight is 493 g/mol. The molecule has 0 amide bonds. The van der Waals surface area contributed by atoms with Gasteiger partial charge in [-0.2, -0.15) is 17.7 Å². The standard InChI is InChI=1S/C18H22F2N4O6S2/c19-14-3-1-2-12(17(14)20)11-31-18-21-15(8-16(22-18)30-10-13(26)9-25)23-32(27,28)24-4-6-29-7-5-24/h1-3,8,13,25-26H,4-7,9-11H2,(H,21,22,23)/t13-/m0/s1. The van der Waals surface area contributed by atoms with Crippen LogP contribution in [0.25, 0.3) is 0 Å². The van der Waals surface area contributed by atoms with Gasteiger partial charge in [0.05, 0.1) is 19.8 Å². The largest absolute Gasteiger partial charge is 0.475 e. The second-order valence-electron chi connectivity index (χ2n) is 6.64. The van der Waals surface area contributed by atoms with Crippen LogP contribution in [-0.4, -0.2) is 78.5 Å². The van der Waals surface area contributed by atoms with Crippen molar-refractivity contribution in [1.82, 2.24) is 14.3 Å². The first kappa shape index (κ1) is 24.5. The Morgan fingerprint density at radius 2 is 2.03 bits per heavy atom. The number of benzene rings is 1. The van der Waals surface area contributed by atoms with E-state index in [0.717, 1.165) is 17.8 Å². The number of hydrogen-bond acceptors (Lipinski definition) is 9. The van der Waals surface area contributed by atoms with Crippen LogP contribution in [0.4, 0.5) is 14.6 Å². The third kappa shape index (κ3) is 6.70. The highest BCUT2D eigenvalue weighted by atomic mass is 32.2. The van der Waals surface area contributed by atoms with Gasteiger partial charge in [0.2, 0.25) is 5.88 Å². The summed E-state index contributed by atoms with van der Waals surface area (Å²) in [6.45, 7) is 0.0322. The van der Waals surface area contributed by atoms with E-state index >= 15 is 0 Å². The number of halogens is 2. The molecule has 3 N–H and O–H groups in total. The lowest BCUT2D eigenvalue weighted by Crippen LogP contribution is -2.43. The Bertz CT molecular complexity index is 1020. The number of nitrogens with one attached hydrogen (secondary N) is 1. The van der Waals surface area contributed by atoms with Crippen LogP contribution in [0, 0.1) is 11.6 Å². The zero-order chi connectivity index (χ0) is 23.1. The average Bonchev–Trinajstić information content (AvgIpc) is 2.78.